The van der Waals surface area contributed by atoms with E-state index in [1.54, 1.807) is 11.3 Å². The van der Waals surface area contributed by atoms with Crippen LogP contribution in [0.2, 0.25) is 0 Å². The Kier molecular flexibility index (Phi) is 4.96. The number of fused-ring (bicyclic) bond motifs is 1. The number of thiophene rings is 1. The van der Waals surface area contributed by atoms with E-state index in [1.807, 2.05) is 24.1 Å². The van der Waals surface area contributed by atoms with E-state index in [-0.39, 0.29) is 5.91 Å². The molecule has 0 spiro atoms. The molecule has 3 rings (SSSR count). The monoisotopic (exact) mass is 378 g/mol. The van der Waals surface area contributed by atoms with E-state index >= 15 is 0 Å². The van der Waals surface area contributed by atoms with Crippen LogP contribution in [0.3, 0.4) is 0 Å². The Bertz CT molecular complexity index is 653. The third-order valence-electron chi connectivity index (χ3n) is 3.93. The van der Waals surface area contributed by atoms with Gasteiger partial charge in [0.1, 0.15) is 0 Å². The van der Waals surface area contributed by atoms with E-state index in [9.17, 15) is 4.79 Å². The number of rotatable bonds is 4. The highest BCUT2D eigenvalue weighted by atomic mass is 79.9. The first-order valence-corrected chi connectivity index (χ1v) is 9.05. The van der Waals surface area contributed by atoms with Crippen molar-refractivity contribution < 1.29 is 4.79 Å². The first-order chi connectivity index (χ1) is 10.6. The molecule has 0 bridgehead atoms. The van der Waals surface area contributed by atoms with Crippen LogP contribution < -0.4 is 0 Å². The van der Waals surface area contributed by atoms with Gasteiger partial charge in [0, 0.05) is 29.0 Å². The normalized spacial score (nSPS) is 14.2. The van der Waals surface area contributed by atoms with Gasteiger partial charge in [0.05, 0.1) is 6.54 Å². The molecule has 1 aromatic carbocycles. The van der Waals surface area contributed by atoms with Gasteiger partial charge in [-0.1, -0.05) is 28.1 Å². The number of likely N-dealkylation sites (N-methyl/N-ethyl adjacent to an activating group) is 1. The zero-order valence-corrected chi connectivity index (χ0v) is 15.0. The van der Waals surface area contributed by atoms with E-state index in [2.05, 4.69) is 44.4 Å². The van der Waals surface area contributed by atoms with Crippen LogP contribution in [0, 0.1) is 0 Å². The smallest absolute Gasteiger partial charge is 0.237 e. The van der Waals surface area contributed by atoms with Crippen molar-refractivity contribution in [2.45, 2.75) is 19.5 Å². The molecule has 2 aromatic rings. The number of benzene rings is 1. The molecule has 0 fully saturated rings. The fourth-order valence-electron chi connectivity index (χ4n) is 2.75. The van der Waals surface area contributed by atoms with Gasteiger partial charge in [0.25, 0.3) is 0 Å². The van der Waals surface area contributed by atoms with Crippen LogP contribution in [0.5, 0.6) is 0 Å². The molecule has 1 aromatic heterocycles. The van der Waals surface area contributed by atoms with Crippen molar-refractivity contribution in [2.75, 3.05) is 20.1 Å². The number of hydrogen-bond acceptors (Lipinski definition) is 3. The molecule has 0 N–H and O–H groups in total. The van der Waals surface area contributed by atoms with Crippen LogP contribution >= 0.6 is 27.3 Å². The number of carbonyl (C=O) groups excluding carboxylic acids is 1. The number of halogens is 1. The predicted molar refractivity (Wildman–Crippen MR) is 93.9 cm³/mol. The summed E-state index contributed by atoms with van der Waals surface area (Å²) in [4.78, 5) is 18.0. The van der Waals surface area contributed by atoms with E-state index in [0.29, 0.717) is 6.54 Å². The summed E-state index contributed by atoms with van der Waals surface area (Å²) < 4.78 is 1.08. The molecule has 1 aliphatic rings. The van der Waals surface area contributed by atoms with E-state index in [0.717, 1.165) is 30.5 Å². The van der Waals surface area contributed by atoms with Gasteiger partial charge < -0.3 is 4.90 Å². The van der Waals surface area contributed by atoms with E-state index in [4.69, 9.17) is 0 Å². The summed E-state index contributed by atoms with van der Waals surface area (Å²) in [6.07, 6.45) is 0.995. The zero-order valence-electron chi connectivity index (χ0n) is 12.6. The molecule has 3 nitrogen and oxygen atoms in total. The second-order valence-electron chi connectivity index (χ2n) is 5.73. The van der Waals surface area contributed by atoms with Crippen LogP contribution in [0.25, 0.3) is 0 Å². The van der Waals surface area contributed by atoms with Crippen LogP contribution in [0.1, 0.15) is 16.0 Å². The molecular weight excluding hydrogens is 360 g/mol. The maximum atomic E-state index is 12.5. The summed E-state index contributed by atoms with van der Waals surface area (Å²) in [7, 11) is 2.00. The molecule has 0 radical (unpaired) electrons. The third kappa shape index (κ3) is 3.77. The summed E-state index contributed by atoms with van der Waals surface area (Å²) in [6, 6.07) is 10.4. The highest BCUT2D eigenvalue weighted by Gasteiger charge is 2.22. The van der Waals surface area contributed by atoms with Crippen molar-refractivity contribution in [3.05, 3.63) is 56.2 Å². The number of nitrogens with zero attached hydrogens (tertiary/aromatic N) is 2. The minimum Gasteiger partial charge on any atom is -0.337 e. The number of carbonyl (C=O) groups is 1. The highest BCUT2D eigenvalue weighted by Crippen LogP contribution is 2.24. The van der Waals surface area contributed by atoms with Crippen molar-refractivity contribution in [1.82, 2.24) is 9.80 Å². The summed E-state index contributed by atoms with van der Waals surface area (Å²) in [5.74, 6) is 0.219. The van der Waals surface area contributed by atoms with Gasteiger partial charge in [0.2, 0.25) is 5.91 Å². The maximum absolute atomic E-state index is 12.5. The largest absolute Gasteiger partial charge is 0.337 e. The number of amides is 1. The van der Waals surface area contributed by atoms with Gasteiger partial charge in [-0.25, -0.2) is 0 Å². The molecular formula is C17H19BrN2OS. The molecule has 0 saturated carbocycles. The summed E-state index contributed by atoms with van der Waals surface area (Å²) in [5.41, 5.74) is 2.54. The maximum Gasteiger partial charge on any atom is 0.237 e. The second kappa shape index (κ2) is 6.94. The lowest BCUT2D eigenvalue weighted by molar-refractivity contribution is -0.133. The van der Waals surface area contributed by atoms with Crippen molar-refractivity contribution in [3.63, 3.8) is 0 Å². The van der Waals surface area contributed by atoms with Crippen LogP contribution in [-0.4, -0.2) is 35.8 Å². The van der Waals surface area contributed by atoms with Gasteiger partial charge in [-0.2, -0.15) is 0 Å². The molecule has 1 aliphatic heterocycles. The fourth-order valence-corrected chi connectivity index (χ4v) is 3.90. The summed E-state index contributed by atoms with van der Waals surface area (Å²) >= 11 is 5.24. The van der Waals surface area contributed by atoms with E-state index < -0.39 is 0 Å². The zero-order chi connectivity index (χ0) is 15.5. The van der Waals surface area contributed by atoms with Crippen molar-refractivity contribution >= 4 is 33.2 Å². The topological polar surface area (TPSA) is 23.6 Å². The van der Waals surface area contributed by atoms with Gasteiger partial charge in [-0.05, 0) is 48.2 Å². The predicted octanol–water partition coefficient (Wildman–Crippen LogP) is 3.53. The average molecular weight is 379 g/mol. The second-order valence-corrected chi connectivity index (χ2v) is 7.65. The Morgan fingerprint density at radius 1 is 1.32 bits per heavy atom. The lowest BCUT2D eigenvalue weighted by atomic mass is 10.1. The summed E-state index contributed by atoms with van der Waals surface area (Å²) in [5, 5.41) is 2.12. The fraction of sp³-hybridized carbons (Fsp3) is 0.353. The minimum absolute atomic E-state index is 0.219. The molecule has 1 amide bonds. The Morgan fingerprint density at radius 2 is 2.09 bits per heavy atom. The molecule has 2 heterocycles. The SMILES string of the molecule is CN(CC(=O)N1CCc2sccc2C1)Cc1ccc(Br)cc1. The first-order valence-electron chi connectivity index (χ1n) is 7.38. The Balaban J connectivity index is 1.54. The first kappa shape index (κ1) is 15.7. The molecule has 116 valence electrons. The van der Waals surface area contributed by atoms with Gasteiger partial charge >= 0.3 is 0 Å². The number of hydrogen-bond donors (Lipinski definition) is 0. The highest BCUT2D eigenvalue weighted by molar-refractivity contribution is 9.10. The van der Waals surface area contributed by atoms with Crippen molar-refractivity contribution in [1.29, 1.82) is 0 Å². The quantitative estimate of drug-likeness (QED) is 0.812. The Hall–Kier alpha value is -1.17. The lowest BCUT2D eigenvalue weighted by Gasteiger charge is -2.29. The molecule has 0 aliphatic carbocycles. The van der Waals surface area contributed by atoms with Crippen molar-refractivity contribution in [2.24, 2.45) is 0 Å². The Morgan fingerprint density at radius 3 is 2.86 bits per heavy atom. The minimum atomic E-state index is 0.219. The Labute approximate surface area is 143 Å². The average Bonchev–Trinajstić information content (AvgIpc) is 2.97. The standard InChI is InChI=1S/C17H19BrN2OS/c1-19(10-13-2-4-15(18)5-3-13)12-17(21)20-8-6-16-14(11-20)7-9-22-16/h2-5,7,9H,6,8,10-12H2,1H3. The molecule has 22 heavy (non-hydrogen) atoms. The van der Waals surface area contributed by atoms with Gasteiger partial charge in [-0.15, -0.1) is 11.3 Å². The molecule has 0 atom stereocenters. The van der Waals surface area contributed by atoms with Crippen LogP contribution in [0.15, 0.2) is 40.2 Å². The van der Waals surface area contributed by atoms with E-state index in [1.165, 1.54) is 16.0 Å². The summed E-state index contributed by atoms with van der Waals surface area (Å²) in [6.45, 7) is 2.87. The lowest BCUT2D eigenvalue weighted by Crippen LogP contribution is -2.41. The molecule has 0 unspecified atom stereocenters. The van der Waals surface area contributed by atoms with Gasteiger partial charge in [-0.3, -0.25) is 9.69 Å². The van der Waals surface area contributed by atoms with Gasteiger partial charge in [0.15, 0.2) is 0 Å². The third-order valence-corrected chi connectivity index (χ3v) is 5.48. The van der Waals surface area contributed by atoms with Crippen LogP contribution in [-0.2, 0) is 24.3 Å². The van der Waals surface area contributed by atoms with Crippen LogP contribution in [0.4, 0.5) is 0 Å². The van der Waals surface area contributed by atoms with Crippen molar-refractivity contribution in [3.8, 4) is 0 Å². The molecule has 5 heteroatoms. The molecule has 0 saturated heterocycles.